The Morgan fingerprint density at radius 2 is 2.06 bits per heavy atom. The van der Waals surface area contributed by atoms with Crippen LogP contribution in [-0.2, 0) is 14.4 Å². The van der Waals surface area contributed by atoms with Gasteiger partial charge in [-0.2, -0.15) is 0 Å². The second-order valence-corrected chi connectivity index (χ2v) is 4.16. The Balaban J connectivity index is 0.000000317. The molecule has 17 heavy (non-hydrogen) atoms. The molecule has 3 unspecified atom stereocenters. The lowest BCUT2D eigenvalue weighted by Gasteiger charge is -2.11. The Hall–Kier alpha value is -1.47. The Bertz CT molecular complexity index is 339. The number of carboxylic acids is 1. The van der Waals surface area contributed by atoms with Crippen LogP contribution in [0.4, 0.5) is 0 Å². The molecule has 0 radical (unpaired) electrons. The number of amides is 2. The van der Waals surface area contributed by atoms with Gasteiger partial charge in [-0.05, 0) is 19.8 Å². The summed E-state index contributed by atoms with van der Waals surface area (Å²) in [7, 11) is 0. The third kappa shape index (κ3) is 3.01. The SMILES string of the molecule is CC(N)O.O=C(O)C1CC2CCC(=O)N2C1=O. The van der Waals surface area contributed by atoms with Gasteiger partial charge < -0.3 is 15.9 Å². The zero-order chi connectivity index (χ0) is 13.2. The highest BCUT2D eigenvalue weighted by Gasteiger charge is 2.49. The van der Waals surface area contributed by atoms with Crippen LogP contribution < -0.4 is 5.73 Å². The second-order valence-electron chi connectivity index (χ2n) is 4.16. The van der Waals surface area contributed by atoms with Crippen molar-refractivity contribution in [1.29, 1.82) is 0 Å². The van der Waals surface area contributed by atoms with Crippen LogP contribution in [0, 0.1) is 5.92 Å². The van der Waals surface area contributed by atoms with Gasteiger partial charge in [0.1, 0.15) is 5.92 Å². The predicted octanol–water partition coefficient (Wildman–Crippen LogP) is -1.11. The van der Waals surface area contributed by atoms with Gasteiger partial charge in [-0.3, -0.25) is 19.3 Å². The molecule has 2 aliphatic heterocycles. The van der Waals surface area contributed by atoms with Gasteiger partial charge in [0.05, 0.1) is 6.23 Å². The smallest absolute Gasteiger partial charge is 0.316 e. The number of hydrogen-bond acceptors (Lipinski definition) is 5. The van der Waals surface area contributed by atoms with Crippen molar-refractivity contribution in [2.45, 2.75) is 38.5 Å². The molecule has 4 N–H and O–H groups in total. The van der Waals surface area contributed by atoms with E-state index in [1.165, 1.54) is 6.92 Å². The van der Waals surface area contributed by atoms with Crippen molar-refractivity contribution in [3.63, 3.8) is 0 Å². The molecule has 2 fully saturated rings. The summed E-state index contributed by atoms with van der Waals surface area (Å²) in [6.07, 6.45) is 0.622. The molecule has 0 spiro atoms. The quantitative estimate of drug-likeness (QED) is 0.305. The van der Waals surface area contributed by atoms with Gasteiger partial charge in [-0.1, -0.05) is 0 Å². The van der Waals surface area contributed by atoms with Crippen molar-refractivity contribution in [1.82, 2.24) is 4.90 Å². The van der Waals surface area contributed by atoms with Gasteiger partial charge in [-0.15, -0.1) is 0 Å². The van der Waals surface area contributed by atoms with E-state index in [-0.39, 0.29) is 11.9 Å². The van der Waals surface area contributed by atoms with Crippen LogP contribution in [0.25, 0.3) is 0 Å². The summed E-state index contributed by atoms with van der Waals surface area (Å²) in [5.41, 5.74) is 4.67. The first kappa shape index (κ1) is 13.6. The summed E-state index contributed by atoms with van der Waals surface area (Å²) in [6.45, 7) is 1.50. The number of rotatable bonds is 1. The summed E-state index contributed by atoms with van der Waals surface area (Å²) >= 11 is 0. The highest BCUT2D eigenvalue weighted by molar-refractivity contribution is 6.07. The number of aliphatic hydroxyl groups is 1. The van der Waals surface area contributed by atoms with Crippen molar-refractivity contribution in [3.05, 3.63) is 0 Å². The number of carbonyl (C=O) groups excluding carboxylic acids is 2. The molecule has 0 aromatic rings. The van der Waals surface area contributed by atoms with Crippen molar-refractivity contribution in [2.75, 3.05) is 0 Å². The number of fused-ring (bicyclic) bond motifs is 1. The van der Waals surface area contributed by atoms with Crippen LogP contribution in [-0.4, -0.2) is 45.2 Å². The number of hydrogen-bond donors (Lipinski definition) is 3. The van der Waals surface area contributed by atoms with Crippen molar-refractivity contribution in [3.8, 4) is 0 Å². The van der Waals surface area contributed by atoms with Gasteiger partial charge in [0.15, 0.2) is 0 Å². The van der Waals surface area contributed by atoms with E-state index in [1.807, 2.05) is 0 Å². The van der Waals surface area contributed by atoms with Gasteiger partial charge in [0.25, 0.3) is 0 Å². The molecule has 0 saturated carbocycles. The van der Waals surface area contributed by atoms with E-state index in [1.54, 1.807) is 0 Å². The number of nitrogens with zero attached hydrogens (tertiary/aromatic N) is 1. The Kier molecular flexibility index (Phi) is 4.19. The zero-order valence-electron chi connectivity index (χ0n) is 9.50. The number of aliphatic carboxylic acids is 1. The van der Waals surface area contributed by atoms with Crippen LogP contribution in [0.1, 0.15) is 26.2 Å². The molecule has 96 valence electrons. The summed E-state index contributed by atoms with van der Waals surface area (Å²) in [5, 5.41) is 16.5. The molecule has 2 rings (SSSR count). The standard InChI is InChI=1S/C8H9NO4.C2H7NO/c10-6-2-1-4-3-5(8(12)13)7(11)9(4)6;1-2(3)4/h4-5H,1-3H2,(H,12,13);2,4H,3H2,1H3. The molecule has 0 bridgehead atoms. The first-order valence-electron chi connectivity index (χ1n) is 5.37. The minimum atomic E-state index is -1.12. The molecule has 0 aromatic carbocycles. The lowest BCUT2D eigenvalue weighted by Crippen LogP contribution is -2.34. The molecule has 7 heteroatoms. The first-order valence-corrected chi connectivity index (χ1v) is 5.37. The van der Waals surface area contributed by atoms with Crippen LogP contribution in [0.5, 0.6) is 0 Å². The normalized spacial score (nSPS) is 28.5. The maximum Gasteiger partial charge on any atom is 0.316 e. The predicted molar refractivity (Wildman–Crippen MR) is 56.5 cm³/mol. The molecule has 2 heterocycles. The lowest BCUT2D eigenvalue weighted by molar-refractivity contribution is -0.149. The summed E-state index contributed by atoms with van der Waals surface area (Å²) in [5.74, 6) is -2.86. The molecule has 7 nitrogen and oxygen atoms in total. The topological polar surface area (TPSA) is 121 Å². The molecular weight excluding hydrogens is 228 g/mol. The van der Waals surface area contributed by atoms with E-state index < -0.39 is 24.0 Å². The van der Waals surface area contributed by atoms with Gasteiger partial charge >= 0.3 is 5.97 Å². The molecule has 3 atom stereocenters. The lowest BCUT2D eigenvalue weighted by atomic mass is 10.0. The van der Waals surface area contributed by atoms with E-state index in [9.17, 15) is 14.4 Å². The maximum atomic E-state index is 11.4. The van der Waals surface area contributed by atoms with E-state index >= 15 is 0 Å². The minimum absolute atomic E-state index is 0.152. The molecule has 0 aromatic heterocycles. The summed E-state index contributed by atoms with van der Waals surface area (Å²) < 4.78 is 0. The average molecular weight is 244 g/mol. The minimum Gasteiger partial charge on any atom is -0.481 e. The molecule has 2 saturated heterocycles. The highest BCUT2D eigenvalue weighted by atomic mass is 16.4. The van der Waals surface area contributed by atoms with Crippen molar-refractivity contribution >= 4 is 17.8 Å². The fraction of sp³-hybridized carbons (Fsp3) is 0.700. The van der Waals surface area contributed by atoms with Crippen molar-refractivity contribution in [2.24, 2.45) is 11.7 Å². The number of carbonyl (C=O) groups is 3. The third-order valence-electron chi connectivity index (χ3n) is 2.67. The van der Waals surface area contributed by atoms with E-state index in [2.05, 4.69) is 5.73 Å². The number of aliphatic hydroxyl groups excluding tert-OH is 1. The third-order valence-corrected chi connectivity index (χ3v) is 2.67. The first-order chi connectivity index (χ1) is 7.84. The van der Waals surface area contributed by atoms with Crippen LogP contribution in [0.15, 0.2) is 0 Å². The molecule has 0 aliphatic carbocycles. The maximum absolute atomic E-state index is 11.4. The van der Waals surface area contributed by atoms with E-state index in [0.717, 1.165) is 4.90 Å². The Morgan fingerprint density at radius 1 is 1.53 bits per heavy atom. The average Bonchev–Trinajstić information content (AvgIpc) is 2.68. The van der Waals surface area contributed by atoms with Crippen LogP contribution in [0.2, 0.25) is 0 Å². The molecular formula is C10H16N2O5. The fourth-order valence-electron chi connectivity index (χ4n) is 2.02. The van der Waals surface area contributed by atoms with Gasteiger partial charge in [-0.25, -0.2) is 0 Å². The second kappa shape index (κ2) is 5.24. The Labute approximate surface area is 98.2 Å². The van der Waals surface area contributed by atoms with Crippen molar-refractivity contribution < 1.29 is 24.6 Å². The largest absolute Gasteiger partial charge is 0.481 e. The van der Waals surface area contributed by atoms with Gasteiger partial charge in [0, 0.05) is 12.5 Å². The number of nitrogens with two attached hydrogens (primary N) is 1. The fourth-order valence-corrected chi connectivity index (χ4v) is 2.02. The number of carboxylic acid groups (broad SMARTS) is 1. The van der Waals surface area contributed by atoms with Crippen LogP contribution >= 0.6 is 0 Å². The summed E-state index contributed by atoms with van der Waals surface area (Å²) in [4.78, 5) is 34.2. The summed E-state index contributed by atoms with van der Waals surface area (Å²) in [6, 6.07) is -0.152. The molecule has 2 amide bonds. The van der Waals surface area contributed by atoms with E-state index in [0.29, 0.717) is 19.3 Å². The number of imide groups is 1. The van der Waals surface area contributed by atoms with Crippen LogP contribution in [0.3, 0.4) is 0 Å². The van der Waals surface area contributed by atoms with E-state index in [4.69, 9.17) is 10.2 Å². The Morgan fingerprint density at radius 3 is 2.47 bits per heavy atom. The van der Waals surface area contributed by atoms with Gasteiger partial charge in [0.2, 0.25) is 11.8 Å². The molecule has 2 aliphatic rings. The monoisotopic (exact) mass is 244 g/mol. The zero-order valence-corrected chi connectivity index (χ0v) is 9.50. The highest BCUT2D eigenvalue weighted by Crippen LogP contribution is 2.33.